The van der Waals surface area contributed by atoms with Crippen molar-refractivity contribution in [3.05, 3.63) is 46.3 Å². The number of furan rings is 1. The van der Waals surface area contributed by atoms with Crippen molar-refractivity contribution < 1.29 is 13.9 Å². The van der Waals surface area contributed by atoms with Crippen LogP contribution in [0.25, 0.3) is 0 Å². The number of carbonyl (C=O) groups excluding carboxylic acids is 1. The Morgan fingerprint density at radius 2 is 2.35 bits per heavy atom. The average molecular weight is 337 g/mol. The van der Waals surface area contributed by atoms with Gasteiger partial charge in [-0.25, -0.2) is 4.98 Å². The van der Waals surface area contributed by atoms with E-state index < -0.39 is 0 Å². The lowest BCUT2D eigenvalue weighted by molar-refractivity contribution is -0.118. The second-order valence-corrected chi connectivity index (χ2v) is 6.01. The minimum atomic E-state index is -0.263. The molecule has 7 nitrogen and oxygen atoms in total. The molecular weight excluding hydrogens is 318 g/mol. The van der Waals surface area contributed by atoms with E-state index in [9.17, 15) is 9.59 Å². The standard InChI is InChI=1S/C15H19N3O4S/c1-10(2)22-8-11-6-13(19)18-15(17-11)23-9-14(20)16-7-12-4-3-5-21-12/h3-6,10H,7-9H2,1-2H3,(H,16,20)(H,17,18,19). The van der Waals surface area contributed by atoms with Crippen LogP contribution in [-0.4, -0.2) is 27.7 Å². The van der Waals surface area contributed by atoms with Gasteiger partial charge in [-0.05, 0) is 26.0 Å². The zero-order chi connectivity index (χ0) is 16.7. The third kappa shape index (κ3) is 6.29. The van der Waals surface area contributed by atoms with Gasteiger partial charge in [0, 0.05) is 6.07 Å². The lowest BCUT2D eigenvalue weighted by Crippen LogP contribution is -2.24. The highest BCUT2D eigenvalue weighted by atomic mass is 32.2. The number of thioether (sulfide) groups is 1. The minimum Gasteiger partial charge on any atom is -0.467 e. The first-order valence-electron chi connectivity index (χ1n) is 7.16. The van der Waals surface area contributed by atoms with Crippen molar-refractivity contribution in [1.29, 1.82) is 0 Å². The van der Waals surface area contributed by atoms with Crippen LogP contribution in [0.3, 0.4) is 0 Å². The van der Waals surface area contributed by atoms with Crippen LogP contribution in [0.2, 0.25) is 0 Å². The van der Waals surface area contributed by atoms with E-state index in [4.69, 9.17) is 9.15 Å². The molecule has 2 aromatic heterocycles. The van der Waals surface area contributed by atoms with E-state index in [-0.39, 0.29) is 29.9 Å². The van der Waals surface area contributed by atoms with Crippen LogP contribution in [0.15, 0.2) is 38.8 Å². The van der Waals surface area contributed by atoms with Gasteiger partial charge in [-0.1, -0.05) is 11.8 Å². The maximum atomic E-state index is 11.8. The number of nitrogens with zero attached hydrogens (tertiary/aromatic N) is 1. The van der Waals surface area contributed by atoms with Gasteiger partial charge in [0.05, 0.1) is 37.0 Å². The molecule has 0 fully saturated rings. The summed E-state index contributed by atoms with van der Waals surface area (Å²) in [7, 11) is 0. The average Bonchev–Trinajstić information content (AvgIpc) is 3.02. The van der Waals surface area contributed by atoms with Crippen molar-refractivity contribution in [3.63, 3.8) is 0 Å². The highest BCUT2D eigenvalue weighted by Crippen LogP contribution is 2.11. The molecule has 0 saturated carbocycles. The van der Waals surface area contributed by atoms with Crippen molar-refractivity contribution >= 4 is 17.7 Å². The molecule has 0 saturated heterocycles. The van der Waals surface area contributed by atoms with Crippen molar-refractivity contribution in [3.8, 4) is 0 Å². The fraction of sp³-hybridized carbons (Fsp3) is 0.400. The van der Waals surface area contributed by atoms with Gasteiger partial charge in [-0.3, -0.25) is 9.59 Å². The molecule has 2 N–H and O–H groups in total. The van der Waals surface area contributed by atoms with Crippen LogP contribution in [0, 0.1) is 0 Å². The van der Waals surface area contributed by atoms with Gasteiger partial charge < -0.3 is 19.5 Å². The maximum absolute atomic E-state index is 11.8. The number of H-pyrrole nitrogens is 1. The predicted octanol–water partition coefficient (Wildman–Crippen LogP) is 1.70. The fourth-order valence-corrected chi connectivity index (χ4v) is 2.39. The van der Waals surface area contributed by atoms with Gasteiger partial charge in [0.25, 0.3) is 5.56 Å². The number of ether oxygens (including phenoxy) is 1. The van der Waals surface area contributed by atoms with E-state index in [0.29, 0.717) is 23.2 Å². The number of carbonyl (C=O) groups is 1. The van der Waals surface area contributed by atoms with E-state index in [2.05, 4.69) is 15.3 Å². The van der Waals surface area contributed by atoms with Crippen LogP contribution in [0.1, 0.15) is 25.3 Å². The summed E-state index contributed by atoms with van der Waals surface area (Å²) in [5.74, 6) is 0.665. The molecule has 2 aromatic rings. The molecule has 0 radical (unpaired) electrons. The van der Waals surface area contributed by atoms with Crippen LogP contribution in [0.5, 0.6) is 0 Å². The second-order valence-electron chi connectivity index (χ2n) is 5.05. The van der Waals surface area contributed by atoms with Crippen LogP contribution < -0.4 is 10.9 Å². The van der Waals surface area contributed by atoms with Gasteiger partial charge in [0.15, 0.2) is 5.16 Å². The maximum Gasteiger partial charge on any atom is 0.251 e. The molecule has 0 aromatic carbocycles. The predicted molar refractivity (Wildman–Crippen MR) is 86.1 cm³/mol. The Balaban J connectivity index is 1.84. The lowest BCUT2D eigenvalue weighted by atomic mass is 10.4. The normalized spacial score (nSPS) is 10.9. The number of aromatic nitrogens is 2. The molecule has 0 unspecified atom stereocenters. The van der Waals surface area contributed by atoms with E-state index in [1.165, 1.54) is 6.07 Å². The number of aromatic amines is 1. The molecule has 1 amide bonds. The summed E-state index contributed by atoms with van der Waals surface area (Å²) in [4.78, 5) is 30.3. The van der Waals surface area contributed by atoms with E-state index in [1.54, 1.807) is 18.4 Å². The van der Waals surface area contributed by atoms with Crippen LogP contribution in [-0.2, 0) is 22.7 Å². The zero-order valence-electron chi connectivity index (χ0n) is 13.0. The first-order valence-corrected chi connectivity index (χ1v) is 8.15. The molecular formula is C15H19N3O4S. The molecule has 23 heavy (non-hydrogen) atoms. The summed E-state index contributed by atoms with van der Waals surface area (Å²) >= 11 is 1.16. The molecule has 0 atom stereocenters. The summed E-state index contributed by atoms with van der Waals surface area (Å²) in [5, 5.41) is 3.12. The summed E-state index contributed by atoms with van der Waals surface area (Å²) in [6.45, 7) is 4.41. The highest BCUT2D eigenvalue weighted by molar-refractivity contribution is 7.99. The molecule has 0 aliphatic rings. The SMILES string of the molecule is CC(C)OCc1cc(=O)[nH]c(SCC(=O)NCc2ccco2)n1. The Hall–Kier alpha value is -2.06. The van der Waals surface area contributed by atoms with Gasteiger partial charge in [-0.2, -0.15) is 0 Å². The smallest absolute Gasteiger partial charge is 0.251 e. The summed E-state index contributed by atoms with van der Waals surface area (Å²) < 4.78 is 10.6. The Kier molecular flexibility index (Phi) is 6.42. The van der Waals surface area contributed by atoms with Crippen LogP contribution >= 0.6 is 11.8 Å². The number of hydrogen-bond donors (Lipinski definition) is 2. The van der Waals surface area contributed by atoms with E-state index >= 15 is 0 Å². The fourth-order valence-electron chi connectivity index (χ4n) is 1.66. The number of hydrogen-bond acceptors (Lipinski definition) is 6. The first-order chi connectivity index (χ1) is 11.0. The van der Waals surface area contributed by atoms with Crippen molar-refractivity contribution in [2.45, 2.75) is 38.3 Å². The number of rotatable bonds is 8. The minimum absolute atomic E-state index is 0.0552. The van der Waals surface area contributed by atoms with Crippen molar-refractivity contribution in [1.82, 2.24) is 15.3 Å². The lowest BCUT2D eigenvalue weighted by Gasteiger charge is -2.08. The third-order valence-electron chi connectivity index (χ3n) is 2.72. The van der Waals surface area contributed by atoms with E-state index in [0.717, 1.165) is 11.8 Å². The van der Waals surface area contributed by atoms with Crippen LogP contribution in [0.4, 0.5) is 0 Å². The highest BCUT2D eigenvalue weighted by Gasteiger charge is 2.08. The molecule has 0 bridgehead atoms. The molecule has 2 heterocycles. The summed E-state index contributed by atoms with van der Waals surface area (Å²) in [5.41, 5.74) is 0.279. The van der Waals surface area contributed by atoms with Gasteiger partial charge in [-0.15, -0.1) is 0 Å². The van der Waals surface area contributed by atoms with Gasteiger partial charge >= 0.3 is 0 Å². The number of amides is 1. The Bertz CT molecular complexity index is 682. The zero-order valence-corrected chi connectivity index (χ0v) is 13.8. The number of nitrogens with one attached hydrogen (secondary N) is 2. The third-order valence-corrected chi connectivity index (χ3v) is 3.59. The monoisotopic (exact) mass is 337 g/mol. The van der Waals surface area contributed by atoms with Crippen molar-refractivity contribution in [2.24, 2.45) is 0 Å². The summed E-state index contributed by atoms with van der Waals surface area (Å²) in [6.07, 6.45) is 1.61. The topological polar surface area (TPSA) is 97.2 Å². The Labute approximate surface area is 137 Å². The molecule has 0 aliphatic carbocycles. The molecule has 124 valence electrons. The second kappa shape index (κ2) is 8.54. The first kappa shape index (κ1) is 17.3. The Morgan fingerprint density at radius 3 is 3.04 bits per heavy atom. The molecule has 0 aliphatic heterocycles. The summed E-state index contributed by atoms with van der Waals surface area (Å²) in [6, 6.07) is 4.93. The van der Waals surface area contributed by atoms with Gasteiger partial charge in [0.1, 0.15) is 5.76 Å². The Morgan fingerprint density at radius 1 is 1.52 bits per heavy atom. The van der Waals surface area contributed by atoms with Gasteiger partial charge in [0.2, 0.25) is 5.91 Å². The quantitative estimate of drug-likeness (QED) is 0.562. The largest absolute Gasteiger partial charge is 0.467 e. The van der Waals surface area contributed by atoms with E-state index in [1.807, 2.05) is 13.8 Å². The molecule has 8 heteroatoms. The molecule has 0 spiro atoms. The molecule has 2 rings (SSSR count). The van der Waals surface area contributed by atoms with Crippen molar-refractivity contribution in [2.75, 3.05) is 5.75 Å².